The van der Waals surface area contributed by atoms with Gasteiger partial charge in [-0.1, -0.05) is 11.1 Å². The number of benzene rings is 1. The highest BCUT2D eigenvalue weighted by molar-refractivity contribution is 5.85. The van der Waals surface area contributed by atoms with Crippen LogP contribution in [0.25, 0.3) is 0 Å². The Morgan fingerprint density at radius 1 is 1.04 bits per heavy atom. The van der Waals surface area contributed by atoms with Crippen molar-refractivity contribution < 1.29 is 14.2 Å². The molecule has 0 fully saturated rings. The van der Waals surface area contributed by atoms with E-state index in [1.807, 2.05) is 12.1 Å². The first-order chi connectivity index (χ1) is 10.5. The van der Waals surface area contributed by atoms with Crippen molar-refractivity contribution in [2.24, 2.45) is 0 Å². The van der Waals surface area contributed by atoms with Crippen LogP contribution in [-0.2, 0) is 6.42 Å². The topological polar surface area (TPSA) is 30.9 Å². The van der Waals surface area contributed by atoms with Crippen LogP contribution in [0.3, 0.4) is 0 Å². The van der Waals surface area contributed by atoms with E-state index >= 15 is 0 Å². The molecule has 2 rings (SSSR count). The molecule has 0 radical (unpaired) electrons. The van der Waals surface area contributed by atoms with Gasteiger partial charge in [0, 0.05) is 12.6 Å². The van der Waals surface area contributed by atoms with Crippen LogP contribution in [0, 0.1) is 0 Å². The molecule has 0 N–H and O–H groups in total. The van der Waals surface area contributed by atoms with Gasteiger partial charge in [-0.15, -0.1) is 12.4 Å². The lowest BCUT2D eigenvalue weighted by Crippen LogP contribution is -2.39. The van der Waals surface area contributed by atoms with Gasteiger partial charge in [0.15, 0.2) is 11.5 Å². The molecule has 0 saturated heterocycles. The standard InChI is InChI=1S/C18H27NO3.ClH/c1-12-7-8-19(3)15(13(12)2)9-14-10-16(20-4)18(22-6)17(11-14)21-5;/h10-11,15H,7-9H2,1-6H3;1H. The molecule has 1 unspecified atom stereocenters. The van der Waals surface area contributed by atoms with Gasteiger partial charge in [-0.05, 0) is 51.4 Å². The Hall–Kier alpha value is -1.39. The number of hydrogen-bond donors (Lipinski definition) is 0. The van der Waals surface area contributed by atoms with Gasteiger partial charge in [0.2, 0.25) is 5.75 Å². The van der Waals surface area contributed by atoms with Crippen LogP contribution in [0.1, 0.15) is 25.8 Å². The zero-order valence-electron chi connectivity index (χ0n) is 14.9. The molecule has 0 spiro atoms. The largest absolute Gasteiger partial charge is 0.493 e. The summed E-state index contributed by atoms with van der Waals surface area (Å²) in [6, 6.07) is 4.52. The van der Waals surface area contributed by atoms with E-state index in [4.69, 9.17) is 14.2 Å². The minimum atomic E-state index is 0. The number of methoxy groups -OCH3 is 3. The summed E-state index contributed by atoms with van der Waals surface area (Å²) in [6.07, 6.45) is 2.10. The van der Waals surface area contributed by atoms with E-state index in [9.17, 15) is 0 Å². The third kappa shape index (κ3) is 4.12. The fourth-order valence-electron chi connectivity index (χ4n) is 3.10. The lowest BCUT2D eigenvalue weighted by Gasteiger charge is -2.35. The van der Waals surface area contributed by atoms with Gasteiger partial charge >= 0.3 is 0 Å². The number of ether oxygens (including phenoxy) is 3. The maximum absolute atomic E-state index is 5.45. The lowest BCUT2D eigenvalue weighted by atomic mass is 9.90. The Morgan fingerprint density at radius 2 is 1.61 bits per heavy atom. The Bertz CT molecular complexity index is 546. The summed E-state index contributed by atoms with van der Waals surface area (Å²) >= 11 is 0. The first-order valence-electron chi connectivity index (χ1n) is 7.67. The predicted molar refractivity (Wildman–Crippen MR) is 96.5 cm³/mol. The van der Waals surface area contributed by atoms with E-state index in [0.29, 0.717) is 23.3 Å². The average Bonchev–Trinajstić information content (AvgIpc) is 2.54. The van der Waals surface area contributed by atoms with Crippen LogP contribution in [0.15, 0.2) is 23.3 Å². The molecule has 1 aliphatic heterocycles. The summed E-state index contributed by atoms with van der Waals surface area (Å²) in [7, 11) is 7.13. The van der Waals surface area contributed by atoms with E-state index in [1.165, 1.54) is 16.7 Å². The molecule has 1 heterocycles. The van der Waals surface area contributed by atoms with Crippen LogP contribution >= 0.6 is 12.4 Å². The molecule has 4 nitrogen and oxygen atoms in total. The van der Waals surface area contributed by atoms with Gasteiger partial charge < -0.3 is 14.2 Å². The van der Waals surface area contributed by atoms with Gasteiger partial charge in [-0.3, -0.25) is 4.90 Å². The van der Waals surface area contributed by atoms with Gasteiger partial charge in [-0.2, -0.15) is 0 Å². The fourth-order valence-corrected chi connectivity index (χ4v) is 3.10. The molecular weight excluding hydrogens is 314 g/mol. The molecule has 23 heavy (non-hydrogen) atoms. The lowest BCUT2D eigenvalue weighted by molar-refractivity contribution is 0.255. The maximum Gasteiger partial charge on any atom is 0.203 e. The third-order valence-electron chi connectivity index (χ3n) is 4.70. The normalized spacial score (nSPS) is 18.4. The second kappa shape index (κ2) is 8.46. The van der Waals surface area contributed by atoms with E-state index in [0.717, 1.165) is 19.4 Å². The van der Waals surface area contributed by atoms with Crippen LogP contribution in [-0.4, -0.2) is 45.9 Å². The molecule has 5 heteroatoms. The molecule has 0 amide bonds. The summed E-state index contributed by atoms with van der Waals surface area (Å²) in [6.45, 7) is 5.59. The Kier molecular flexibility index (Phi) is 7.23. The minimum absolute atomic E-state index is 0. The van der Waals surface area contributed by atoms with Gasteiger partial charge in [-0.25, -0.2) is 0 Å². The van der Waals surface area contributed by atoms with Crippen molar-refractivity contribution >= 4 is 12.4 Å². The van der Waals surface area contributed by atoms with Crippen molar-refractivity contribution in [1.29, 1.82) is 0 Å². The van der Waals surface area contributed by atoms with Crippen LogP contribution in [0.5, 0.6) is 17.2 Å². The zero-order valence-corrected chi connectivity index (χ0v) is 15.8. The Balaban J connectivity index is 0.00000264. The van der Waals surface area contributed by atoms with Crippen molar-refractivity contribution in [3.05, 3.63) is 28.8 Å². The minimum Gasteiger partial charge on any atom is -0.493 e. The monoisotopic (exact) mass is 341 g/mol. The van der Waals surface area contributed by atoms with Gasteiger partial charge in [0.05, 0.1) is 21.3 Å². The van der Waals surface area contributed by atoms with E-state index in [1.54, 1.807) is 21.3 Å². The first kappa shape index (κ1) is 19.7. The first-order valence-corrected chi connectivity index (χ1v) is 7.67. The van der Waals surface area contributed by atoms with Crippen molar-refractivity contribution in [3.8, 4) is 17.2 Å². The zero-order chi connectivity index (χ0) is 16.3. The quantitative estimate of drug-likeness (QED) is 0.764. The van der Waals surface area contributed by atoms with Crippen molar-refractivity contribution in [2.45, 2.75) is 32.7 Å². The molecular formula is C18H28ClNO3. The number of nitrogens with zero attached hydrogens (tertiary/aromatic N) is 1. The molecule has 1 atom stereocenters. The Morgan fingerprint density at radius 3 is 2.09 bits per heavy atom. The second-order valence-corrected chi connectivity index (χ2v) is 5.95. The van der Waals surface area contributed by atoms with Crippen molar-refractivity contribution in [1.82, 2.24) is 4.90 Å². The number of hydrogen-bond acceptors (Lipinski definition) is 4. The molecule has 1 aromatic carbocycles. The predicted octanol–water partition coefficient (Wildman–Crippen LogP) is 3.72. The summed E-state index contributed by atoms with van der Waals surface area (Å²) < 4.78 is 16.3. The average molecular weight is 342 g/mol. The summed E-state index contributed by atoms with van der Waals surface area (Å²) in [5, 5.41) is 0. The molecule has 0 bridgehead atoms. The molecule has 1 aliphatic rings. The fraction of sp³-hybridized carbons (Fsp3) is 0.556. The molecule has 130 valence electrons. The highest BCUT2D eigenvalue weighted by Crippen LogP contribution is 2.39. The van der Waals surface area contributed by atoms with E-state index in [-0.39, 0.29) is 12.4 Å². The van der Waals surface area contributed by atoms with Gasteiger partial charge in [0.1, 0.15) is 0 Å². The maximum atomic E-state index is 5.45. The SMILES string of the molecule is COc1cc(CC2C(C)=C(C)CCN2C)cc(OC)c1OC.Cl. The number of halogens is 1. The summed E-state index contributed by atoms with van der Waals surface area (Å²) in [4.78, 5) is 2.42. The van der Waals surface area contributed by atoms with E-state index in [2.05, 4.69) is 25.8 Å². The van der Waals surface area contributed by atoms with Crippen LogP contribution in [0.4, 0.5) is 0 Å². The third-order valence-corrected chi connectivity index (χ3v) is 4.70. The van der Waals surface area contributed by atoms with Crippen LogP contribution in [0.2, 0.25) is 0 Å². The van der Waals surface area contributed by atoms with E-state index < -0.39 is 0 Å². The number of likely N-dealkylation sites (N-methyl/N-ethyl adjacent to an activating group) is 1. The Labute approximate surface area is 145 Å². The molecule has 1 aromatic rings. The van der Waals surface area contributed by atoms with Crippen LogP contribution < -0.4 is 14.2 Å². The number of rotatable bonds is 5. The molecule has 0 aromatic heterocycles. The van der Waals surface area contributed by atoms with Crippen molar-refractivity contribution in [2.75, 3.05) is 34.9 Å². The molecule has 0 saturated carbocycles. The highest BCUT2D eigenvalue weighted by Gasteiger charge is 2.24. The molecule has 0 aliphatic carbocycles. The van der Waals surface area contributed by atoms with Crippen molar-refractivity contribution in [3.63, 3.8) is 0 Å². The second-order valence-electron chi connectivity index (χ2n) is 5.95. The summed E-state index contributed by atoms with van der Waals surface area (Å²) in [5.41, 5.74) is 4.18. The van der Waals surface area contributed by atoms with Gasteiger partial charge in [0.25, 0.3) is 0 Å². The highest BCUT2D eigenvalue weighted by atomic mass is 35.5. The summed E-state index contributed by atoms with van der Waals surface area (Å²) in [5.74, 6) is 2.08. The smallest absolute Gasteiger partial charge is 0.203 e.